The Balaban J connectivity index is 1.57. The third-order valence-corrected chi connectivity index (χ3v) is 8.78. The van der Waals surface area contributed by atoms with E-state index in [2.05, 4.69) is 4.90 Å². The number of carbonyl (C=O) groups excluding carboxylic acids is 2. The van der Waals surface area contributed by atoms with E-state index < -0.39 is 52.7 Å². The molecule has 0 aromatic heterocycles. The number of ether oxygens (including phenoxy) is 1. The molecule has 0 saturated carbocycles. The molecule has 2 aromatic carbocycles. The van der Waals surface area contributed by atoms with Gasteiger partial charge in [0.1, 0.15) is 23.3 Å². The van der Waals surface area contributed by atoms with Crippen molar-refractivity contribution >= 4 is 11.9 Å². The van der Waals surface area contributed by atoms with E-state index in [4.69, 9.17) is 4.74 Å². The third-order valence-electron chi connectivity index (χ3n) is 8.78. The summed E-state index contributed by atoms with van der Waals surface area (Å²) in [4.78, 5) is 33.3. The second kappa shape index (κ2) is 12.8. The van der Waals surface area contributed by atoms with Crippen molar-refractivity contribution in [3.63, 3.8) is 0 Å². The van der Waals surface area contributed by atoms with Crippen molar-refractivity contribution in [1.29, 1.82) is 0 Å². The minimum Gasteiger partial charge on any atom is -0.459 e. The summed E-state index contributed by atoms with van der Waals surface area (Å²) in [6.07, 6.45) is -0.0896. The fraction of sp³-hybridized carbons (Fsp3) is 0.588. The second-order valence-electron chi connectivity index (χ2n) is 14.3. The summed E-state index contributed by atoms with van der Waals surface area (Å²) in [6.45, 7) is 16.5. The van der Waals surface area contributed by atoms with Crippen molar-refractivity contribution in [1.82, 2.24) is 14.7 Å². The number of benzene rings is 2. The highest BCUT2D eigenvalue weighted by molar-refractivity contribution is 5.81. The molecule has 0 unspecified atom stereocenters. The van der Waals surface area contributed by atoms with E-state index in [-0.39, 0.29) is 41.6 Å². The maximum Gasteiger partial charge on any atom is 0.324 e. The zero-order valence-corrected chi connectivity index (χ0v) is 27.0. The minimum absolute atomic E-state index is 0.0764. The summed E-state index contributed by atoms with van der Waals surface area (Å²) in [5.41, 5.74) is -0.481. The zero-order valence-electron chi connectivity index (χ0n) is 27.0. The van der Waals surface area contributed by atoms with Crippen molar-refractivity contribution in [3.8, 4) is 0 Å². The van der Waals surface area contributed by atoms with Gasteiger partial charge < -0.3 is 9.64 Å². The van der Waals surface area contributed by atoms with Crippen molar-refractivity contribution in [2.45, 2.75) is 91.0 Å². The van der Waals surface area contributed by atoms with Gasteiger partial charge in [0.2, 0.25) is 5.91 Å². The molecular formula is C34H45F4N3O3. The Hall–Kier alpha value is -2.98. The van der Waals surface area contributed by atoms with Gasteiger partial charge in [-0.25, -0.2) is 17.6 Å². The maximum atomic E-state index is 15.0. The number of esters is 1. The summed E-state index contributed by atoms with van der Waals surface area (Å²) in [5, 5.41) is 0. The molecule has 0 N–H and O–H groups in total. The first-order valence-corrected chi connectivity index (χ1v) is 15.3. The van der Waals surface area contributed by atoms with Crippen LogP contribution in [-0.4, -0.2) is 82.5 Å². The lowest BCUT2D eigenvalue weighted by Crippen LogP contribution is -2.60. The van der Waals surface area contributed by atoms with Crippen LogP contribution in [0.1, 0.15) is 71.1 Å². The van der Waals surface area contributed by atoms with Crippen LogP contribution in [0, 0.1) is 36.1 Å². The Morgan fingerprint density at radius 1 is 0.932 bits per heavy atom. The summed E-state index contributed by atoms with van der Waals surface area (Å²) in [7, 11) is 0. The first kappa shape index (κ1) is 33.9. The standard InChI is InChI=1S/C34H45F4N3O3/c1-20-9-10-22(30(38)29(20)37)15-28(32(43)44-34(6,7)8)39-13-14-41(21(2)17-39)31(42)26-19-40(33(3,4)5)18-25(26)24-12-11-23(35)16-27(24)36/h9-12,16,21,25-26,28H,13-15,17-19H2,1-8H3/t21-,25-,26+,28-/m0/s1. The lowest BCUT2D eigenvalue weighted by atomic mass is 9.87. The van der Waals surface area contributed by atoms with Crippen LogP contribution in [0.5, 0.6) is 0 Å². The predicted molar refractivity (Wildman–Crippen MR) is 161 cm³/mol. The number of amides is 1. The van der Waals surface area contributed by atoms with Crippen molar-refractivity contribution in [3.05, 3.63) is 70.3 Å². The van der Waals surface area contributed by atoms with E-state index in [0.29, 0.717) is 31.7 Å². The number of nitrogens with zero attached hydrogens (tertiary/aromatic N) is 3. The molecule has 0 spiro atoms. The molecule has 2 aliphatic heterocycles. The van der Waals surface area contributed by atoms with Gasteiger partial charge in [-0.1, -0.05) is 18.2 Å². The molecule has 6 nitrogen and oxygen atoms in total. The summed E-state index contributed by atoms with van der Waals surface area (Å²) in [5.74, 6) is -4.94. The topological polar surface area (TPSA) is 53.1 Å². The summed E-state index contributed by atoms with van der Waals surface area (Å²) < 4.78 is 63.7. The number of aryl methyl sites for hydroxylation is 1. The molecule has 44 heavy (non-hydrogen) atoms. The fourth-order valence-corrected chi connectivity index (χ4v) is 6.31. The second-order valence-corrected chi connectivity index (χ2v) is 14.3. The molecule has 2 aromatic rings. The molecule has 10 heteroatoms. The highest BCUT2D eigenvalue weighted by Crippen LogP contribution is 2.39. The number of carbonyl (C=O) groups is 2. The smallest absolute Gasteiger partial charge is 0.324 e. The van der Waals surface area contributed by atoms with Crippen LogP contribution in [0.4, 0.5) is 17.6 Å². The number of rotatable bonds is 6. The molecule has 2 heterocycles. The Morgan fingerprint density at radius 2 is 1.61 bits per heavy atom. The highest BCUT2D eigenvalue weighted by atomic mass is 19.2. The van der Waals surface area contributed by atoms with E-state index >= 15 is 0 Å². The number of halogens is 4. The Bertz CT molecular complexity index is 1390. The SMILES string of the molecule is Cc1ccc(C[C@@H](C(=O)OC(C)(C)C)N2CCN(C(=O)[C@@H]3CN(C(C)(C)C)C[C@H]3c3ccc(F)cc3F)[C@@H](C)C2)c(F)c1F. The molecule has 0 bridgehead atoms. The molecule has 242 valence electrons. The summed E-state index contributed by atoms with van der Waals surface area (Å²) in [6, 6.07) is 5.27. The number of piperazine rings is 1. The predicted octanol–water partition coefficient (Wildman–Crippen LogP) is 5.85. The van der Waals surface area contributed by atoms with Crippen LogP contribution >= 0.6 is 0 Å². The number of hydrogen-bond donors (Lipinski definition) is 0. The summed E-state index contributed by atoms with van der Waals surface area (Å²) >= 11 is 0. The largest absolute Gasteiger partial charge is 0.459 e. The lowest BCUT2D eigenvalue weighted by Gasteiger charge is -2.44. The maximum absolute atomic E-state index is 15.0. The normalized spacial score (nSPS) is 22.7. The van der Waals surface area contributed by atoms with Crippen LogP contribution in [0.25, 0.3) is 0 Å². The van der Waals surface area contributed by atoms with E-state index in [0.717, 1.165) is 6.07 Å². The minimum atomic E-state index is -0.982. The van der Waals surface area contributed by atoms with Gasteiger partial charge in [0.05, 0.1) is 5.92 Å². The Morgan fingerprint density at radius 3 is 2.20 bits per heavy atom. The van der Waals surface area contributed by atoms with Crippen molar-refractivity contribution in [2.24, 2.45) is 5.92 Å². The van der Waals surface area contributed by atoms with Gasteiger partial charge in [-0.3, -0.25) is 19.4 Å². The molecule has 1 amide bonds. The Labute approximate surface area is 258 Å². The molecule has 2 fully saturated rings. The monoisotopic (exact) mass is 619 g/mol. The van der Waals surface area contributed by atoms with Gasteiger partial charge in [-0.15, -0.1) is 0 Å². The van der Waals surface area contributed by atoms with Gasteiger partial charge in [0.25, 0.3) is 0 Å². The quantitative estimate of drug-likeness (QED) is 0.300. The van der Waals surface area contributed by atoms with Gasteiger partial charge in [-0.2, -0.15) is 0 Å². The van der Waals surface area contributed by atoms with E-state index in [1.165, 1.54) is 31.2 Å². The highest BCUT2D eigenvalue weighted by Gasteiger charge is 2.46. The molecule has 0 radical (unpaired) electrons. The van der Waals surface area contributed by atoms with Crippen LogP contribution in [0.2, 0.25) is 0 Å². The van der Waals surface area contributed by atoms with Crippen molar-refractivity contribution in [2.75, 3.05) is 32.7 Å². The first-order valence-electron chi connectivity index (χ1n) is 15.3. The molecule has 0 aliphatic carbocycles. The lowest BCUT2D eigenvalue weighted by molar-refractivity contribution is -0.163. The van der Waals surface area contributed by atoms with Gasteiger partial charge in [0, 0.05) is 62.7 Å². The van der Waals surface area contributed by atoms with Gasteiger partial charge >= 0.3 is 5.97 Å². The first-order chi connectivity index (χ1) is 20.4. The number of likely N-dealkylation sites (tertiary alicyclic amines) is 1. The van der Waals surface area contributed by atoms with E-state index in [9.17, 15) is 27.2 Å². The van der Waals surface area contributed by atoms with Crippen molar-refractivity contribution < 1.29 is 31.9 Å². The van der Waals surface area contributed by atoms with Crippen LogP contribution < -0.4 is 0 Å². The van der Waals surface area contributed by atoms with E-state index in [1.807, 2.05) is 32.6 Å². The van der Waals surface area contributed by atoms with Crippen LogP contribution in [0.15, 0.2) is 30.3 Å². The molecule has 4 atom stereocenters. The van der Waals surface area contributed by atoms with Gasteiger partial charge in [-0.05, 0) is 78.1 Å². The molecule has 4 rings (SSSR count). The average molecular weight is 620 g/mol. The fourth-order valence-electron chi connectivity index (χ4n) is 6.31. The third kappa shape index (κ3) is 7.45. The molecule has 2 aliphatic rings. The van der Waals surface area contributed by atoms with Crippen LogP contribution in [-0.2, 0) is 20.7 Å². The Kier molecular flexibility index (Phi) is 9.86. The zero-order chi connectivity index (χ0) is 32.7. The number of hydrogen-bond acceptors (Lipinski definition) is 5. The molecular weight excluding hydrogens is 574 g/mol. The van der Waals surface area contributed by atoms with Crippen LogP contribution in [0.3, 0.4) is 0 Å². The molecule has 2 saturated heterocycles. The van der Waals surface area contributed by atoms with E-state index in [1.54, 1.807) is 25.7 Å². The van der Waals surface area contributed by atoms with Gasteiger partial charge in [0.15, 0.2) is 11.6 Å². The average Bonchev–Trinajstić information content (AvgIpc) is 3.36.